The molecule has 0 saturated carbocycles. The van der Waals surface area contributed by atoms with E-state index in [1.54, 1.807) is 0 Å². The molecule has 7 heteroatoms. The number of aromatic nitrogens is 3. The number of aryl methyl sites for hydroxylation is 3. The Hall–Kier alpha value is -1.89. The summed E-state index contributed by atoms with van der Waals surface area (Å²) in [6.07, 6.45) is 2.14. The molecule has 2 heterocycles. The van der Waals surface area contributed by atoms with Gasteiger partial charge in [0.05, 0.1) is 12.6 Å². The van der Waals surface area contributed by atoms with Gasteiger partial charge in [0.25, 0.3) is 0 Å². The number of aliphatic imine (C=N–C) groups is 1. The second-order valence-corrected chi connectivity index (χ2v) is 7.26. The number of hydrogen-bond donors (Lipinski definition) is 2. The first-order chi connectivity index (χ1) is 12.1. The van der Waals surface area contributed by atoms with Gasteiger partial charge < -0.3 is 10.6 Å². The van der Waals surface area contributed by atoms with Gasteiger partial charge in [-0.1, -0.05) is 22.0 Å². The van der Waals surface area contributed by atoms with Crippen LogP contribution in [-0.2, 0) is 13.1 Å². The van der Waals surface area contributed by atoms with E-state index in [1.807, 2.05) is 11.6 Å². The maximum Gasteiger partial charge on any atom is 0.192 e. The highest BCUT2D eigenvalue weighted by Gasteiger charge is 2.24. The molecule has 0 radical (unpaired) electrons. The minimum Gasteiger partial charge on any atom is -0.357 e. The molecule has 0 aliphatic carbocycles. The van der Waals surface area contributed by atoms with Crippen molar-refractivity contribution in [3.8, 4) is 0 Å². The molecule has 0 bridgehead atoms. The molecule has 0 spiro atoms. The average molecular weight is 405 g/mol. The van der Waals surface area contributed by atoms with Crippen LogP contribution in [0.2, 0.25) is 0 Å². The van der Waals surface area contributed by atoms with Gasteiger partial charge in [0.1, 0.15) is 11.6 Å². The lowest BCUT2D eigenvalue weighted by molar-refractivity contribution is 0.397. The van der Waals surface area contributed by atoms with Crippen LogP contribution in [0.1, 0.15) is 48.6 Å². The van der Waals surface area contributed by atoms with Gasteiger partial charge in [-0.15, -0.1) is 0 Å². The standard InChI is InChI=1S/C18H25BrN6/c1-4-20-18(21-11-14-7-8-15(19)10-12(14)2)23-16-6-5-9-25-17(16)22-13(3)24-25/h7-8,10,16H,4-6,9,11H2,1-3H3,(H2,20,21,23). The first-order valence-corrected chi connectivity index (χ1v) is 9.57. The number of hydrogen-bond acceptors (Lipinski definition) is 3. The Morgan fingerprint density at radius 3 is 3.00 bits per heavy atom. The number of nitrogens with one attached hydrogen (secondary N) is 2. The molecule has 1 aliphatic rings. The van der Waals surface area contributed by atoms with Gasteiger partial charge in [0.15, 0.2) is 5.96 Å². The highest BCUT2D eigenvalue weighted by molar-refractivity contribution is 9.10. The Morgan fingerprint density at radius 2 is 2.24 bits per heavy atom. The molecule has 1 unspecified atom stereocenters. The molecule has 1 aliphatic heterocycles. The van der Waals surface area contributed by atoms with Gasteiger partial charge in [-0.2, -0.15) is 5.10 Å². The van der Waals surface area contributed by atoms with Gasteiger partial charge in [-0.3, -0.25) is 0 Å². The number of nitrogens with zero attached hydrogens (tertiary/aromatic N) is 4. The molecule has 1 aromatic carbocycles. The fraction of sp³-hybridized carbons (Fsp3) is 0.500. The van der Waals surface area contributed by atoms with Gasteiger partial charge in [-0.05, 0) is 56.9 Å². The third-order valence-electron chi connectivity index (χ3n) is 4.35. The van der Waals surface area contributed by atoms with E-state index in [0.717, 1.165) is 48.0 Å². The monoisotopic (exact) mass is 404 g/mol. The first-order valence-electron chi connectivity index (χ1n) is 8.78. The van der Waals surface area contributed by atoms with Crippen LogP contribution < -0.4 is 10.6 Å². The molecule has 1 atom stereocenters. The van der Waals surface area contributed by atoms with Crippen molar-refractivity contribution in [3.63, 3.8) is 0 Å². The summed E-state index contributed by atoms with van der Waals surface area (Å²) in [4.78, 5) is 9.36. The zero-order valence-electron chi connectivity index (χ0n) is 15.0. The molecule has 0 saturated heterocycles. The fourth-order valence-electron chi connectivity index (χ4n) is 3.09. The Labute approximate surface area is 157 Å². The maximum absolute atomic E-state index is 4.77. The van der Waals surface area contributed by atoms with Crippen molar-refractivity contribution in [3.05, 3.63) is 45.4 Å². The van der Waals surface area contributed by atoms with E-state index in [4.69, 9.17) is 4.99 Å². The van der Waals surface area contributed by atoms with E-state index >= 15 is 0 Å². The minimum absolute atomic E-state index is 0.152. The zero-order chi connectivity index (χ0) is 17.8. The van der Waals surface area contributed by atoms with Crippen molar-refractivity contribution < 1.29 is 0 Å². The maximum atomic E-state index is 4.77. The topological polar surface area (TPSA) is 67.1 Å². The van der Waals surface area contributed by atoms with Crippen LogP contribution >= 0.6 is 15.9 Å². The summed E-state index contributed by atoms with van der Waals surface area (Å²) in [5.41, 5.74) is 2.46. The summed E-state index contributed by atoms with van der Waals surface area (Å²) in [5.74, 6) is 2.66. The van der Waals surface area contributed by atoms with E-state index in [1.165, 1.54) is 11.1 Å². The summed E-state index contributed by atoms with van der Waals surface area (Å²) in [6.45, 7) is 8.55. The smallest absolute Gasteiger partial charge is 0.192 e. The Kier molecular flexibility index (Phi) is 5.73. The largest absolute Gasteiger partial charge is 0.357 e. The van der Waals surface area contributed by atoms with Crippen molar-refractivity contribution >= 4 is 21.9 Å². The molecule has 134 valence electrons. The second kappa shape index (κ2) is 7.99. The molecule has 2 N–H and O–H groups in total. The van der Waals surface area contributed by atoms with Crippen LogP contribution in [-0.4, -0.2) is 27.3 Å². The minimum atomic E-state index is 0.152. The summed E-state index contributed by atoms with van der Waals surface area (Å²) in [5, 5.41) is 11.3. The molecular formula is C18H25BrN6. The van der Waals surface area contributed by atoms with E-state index in [0.29, 0.717) is 6.54 Å². The lowest BCUT2D eigenvalue weighted by Crippen LogP contribution is -2.41. The van der Waals surface area contributed by atoms with E-state index in [9.17, 15) is 0 Å². The lowest BCUT2D eigenvalue weighted by atomic mass is 10.1. The summed E-state index contributed by atoms with van der Waals surface area (Å²) >= 11 is 3.51. The Balaban J connectivity index is 1.75. The Bertz CT molecular complexity index is 767. The molecule has 3 rings (SSSR count). The van der Waals surface area contributed by atoms with Crippen LogP contribution in [0.15, 0.2) is 27.7 Å². The number of guanidine groups is 1. The fourth-order valence-corrected chi connectivity index (χ4v) is 3.57. The predicted octanol–water partition coefficient (Wildman–Crippen LogP) is 3.25. The molecule has 6 nitrogen and oxygen atoms in total. The van der Waals surface area contributed by atoms with Gasteiger partial charge >= 0.3 is 0 Å². The quantitative estimate of drug-likeness (QED) is 0.606. The highest BCUT2D eigenvalue weighted by Crippen LogP contribution is 2.23. The van der Waals surface area contributed by atoms with Crippen molar-refractivity contribution in [2.75, 3.05) is 6.54 Å². The molecule has 1 aromatic heterocycles. The van der Waals surface area contributed by atoms with Crippen LogP contribution in [0, 0.1) is 13.8 Å². The first kappa shape index (κ1) is 17.9. The third-order valence-corrected chi connectivity index (χ3v) is 4.84. The highest BCUT2D eigenvalue weighted by atomic mass is 79.9. The molecule has 2 aromatic rings. The Morgan fingerprint density at radius 1 is 1.40 bits per heavy atom. The van der Waals surface area contributed by atoms with Crippen LogP contribution in [0.4, 0.5) is 0 Å². The van der Waals surface area contributed by atoms with Crippen molar-refractivity contribution in [1.82, 2.24) is 25.4 Å². The number of halogens is 1. The van der Waals surface area contributed by atoms with Crippen molar-refractivity contribution in [2.24, 2.45) is 4.99 Å². The third kappa shape index (κ3) is 4.39. The van der Waals surface area contributed by atoms with Crippen LogP contribution in [0.5, 0.6) is 0 Å². The van der Waals surface area contributed by atoms with Gasteiger partial charge in [0.2, 0.25) is 0 Å². The van der Waals surface area contributed by atoms with E-state index < -0.39 is 0 Å². The SMILES string of the molecule is CCNC(=NCc1ccc(Br)cc1C)NC1CCCn2nc(C)nc21. The summed E-state index contributed by atoms with van der Waals surface area (Å²) in [7, 11) is 0. The normalized spacial score (nSPS) is 17.3. The second-order valence-electron chi connectivity index (χ2n) is 6.35. The predicted molar refractivity (Wildman–Crippen MR) is 104 cm³/mol. The molecular weight excluding hydrogens is 380 g/mol. The van der Waals surface area contributed by atoms with Crippen LogP contribution in [0.25, 0.3) is 0 Å². The summed E-state index contributed by atoms with van der Waals surface area (Å²) in [6, 6.07) is 6.45. The molecule has 25 heavy (non-hydrogen) atoms. The van der Waals surface area contributed by atoms with Crippen molar-refractivity contribution in [1.29, 1.82) is 0 Å². The zero-order valence-corrected chi connectivity index (χ0v) is 16.6. The lowest BCUT2D eigenvalue weighted by Gasteiger charge is -2.25. The number of rotatable bonds is 4. The molecule has 0 amide bonds. The van der Waals surface area contributed by atoms with Crippen LogP contribution in [0.3, 0.4) is 0 Å². The van der Waals surface area contributed by atoms with Gasteiger partial charge in [-0.25, -0.2) is 14.7 Å². The van der Waals surface area contributed by atoms with Gasteiger partial charge in [0, 0.05) is 17.6 Å². The summed E-state index contributed by atoms with van der Waals surface area (Å²) < 4.78 is 3.11. The number of fused-ring (bicyclic) bond motifs is 1. The molecule has 0 fully saturated rings. The van der Waals surface area contributed by atoms with E-state index in [2.05, 4.69) is 68.7 Å². The van der Waals surface area contributed by atoms with Crippen molar-refractivity contribution in [2.45, 2.75) is 52.7 Å². The van der Waals surface area contributed by atoms with E-state index in [-0.39, 0.29) is 6.04 Å². The average Bonchev–Trinajstić information content (AvgIpc) is 2.95. The number of benzene rings is 1.